The van der Waals surface area contributed by atoms with Crippen molar-refractivity contribution >= 4 is 17.7 Å². The number of carbonyl (C=O) groups is 3. The number of hydrogen-bond donors (Lipinski definition) is 2. The molecule has 8 heteroatoms. The zero-order valence-electron chi connectivity index (χ0n) is 17.0. The van der Waals surface area contributed by atoms with E-state index in [1.54, 1.807) is 0 Å². The molecule has 1 aromatic heterocycles. The summed E-state index contributed by atoms with van der Waals surface area (Å²) in [6.07, 6.45) is 6.13. The van der Waals surface area contributed by atoms with Gasteiger partial charge in [0, 0.05) is 31.0 Å². The van der Waals surface area contributed by atoms with Crippen molar-refractivity contribution in [2.45, 2.75) is 51.5 Å². The lowest BCUT2D eigenvalue weighted by molar-refractivity contribution is -0.144. The number of aromatic nitrogens is 1. The standard InChI is InChI=1S/C21H30N4O4/c1-15(27)13-24-11-12-25(19(14-26)20(24)28)21(29)22-10-4-6-17-9-8-16-5-2-3-7-18(16)23-17/h8-9,19,26H,2-7,10-14H2,1H3,(H,22,29)/t19-/m0/s1. The topological polar surface area (TPSA) is 103 Å². The summed E-state index contributed by atoms with van der Waals surface area (Å²) in [4.78, 5) is 43.7. The van der Waals surface area contributed by atoms with E-state index in [1.165, 1.54) is 40.8 Å². The third-order valence-corrected chi connectivity index (χ3v) is 5.55. The highest BCUT2D eigenvalue weighted by atomic mass is 16.3. The van der Waals surface area contributed by atoms with E-state index in [4.69, 9.17) is 4.98 Å². The van der Waals surface area contributed by atoms with Gasteiger partial charge in [0.1, 0.15) is 11.8 Å². The molecule has 29 heavy (non-hydrogen) atoms. The van der Waals surface area contributed by atoms with Crippen molar-refractivity contribution in [1.29, 1.82) is 0 Å². The average Bonchev–Trinajstić information content (AvgIpc) is 2.72. The molecule has 1 aliphatic carbocycles. The molecule has 1 atom stereocenters. The van der Waals surface area contributed by atoms with Gasteiger partial charge >= 0.3 is 6.03 Å². The maximum Gasteiger partial charge on any atom is 0.318 e. The largest absolute Gasteiger partial charge is 0.394 e. The quantitative estimate of drug-likeness (QED) is 0.654. The first-order chi connectivity index (χ1) is 14.0. The average molecular weight is 402 g/mol. The number of aryl methyl sites for hydroxylation is 3. The van der Waals surface area contributed by atoms with E-state index >= 15 is 0 Å². The second-order valence-electron chi connectivity index (χ2n) is 7.80. The van der Waals surface area contributed by atoms with Gasteiger partial charge in [-0.15, -0.1) is 0 Å². The number of Topliss-reactive ketones (excluding diaryl/α,β-unsaturated/α-hetero) is 1. The Balaban J connectivity index is 1.46. The monoisotopic (exact) mass is 402 g/mol. The molecule has 2 aliphatic rings. The van der Waals surface area contributed by atoms with E-state index in [1.807, 2.05) is 0 Å². The molecule has 0 aromatic carbocycles. The first-order valence-corrected chi connectivity index (χ1v) is 10.4. The minimum Gasteiger partial charge on any atom is -0.394 e. The molecule has 0 bridgehead atoms. The Morgan fingerprint density at radius 3 is 2.79 bits per heavy atom. The van der Waals surface area contributed by atoms with E-state index in [-0.39, 0.29) is 24.3 Å². The number of nitrogens with one attached hydrogen (secondary N) is 1. The number of piperazine rings is 1. The number of amides is 3. The Morgan fingerprint density at radius 1 is 1.24 bits per heavy atom. The summed E-state index contributed by atoms with van der Waals surface area (Å²) in [6.45, 7) is 2.03. The fourth-order valence-corrected chi connectivity index (χ4v) is 4.02. The van der Waals surface area contributed by atoms with Crippen LogP contribution in [0.15, 0.2) is 12.1 Å². The molecule has 0 saturated carbocycles. The van der Waals surface area contributed by atoms with E-state index in [9.17, 15) is 19.5 Å². The van der Waals surface area contributed by atoms with E-state index in [2.05, 4.69) is 17.4 Å². The number of nitrogens with zero attached hydrogens (tertiary/aromatic N) is 3. The Hall–Kier alpha value is -2.48. The highest BCUT2D eigenvalue weighted by molar-refractivity contribution is 5.91. The van der Waals surface area contributed by atoms with Crippen LogP contribution in [-0.4, -0.2) is 76.4 Å². The number of hydrogen-bond acceptors (Lipinski definition) is 5. The lowest BCUT2D eigenvalue weighted by atomic mass is 9.95. The molecule has 0 unspecified atom stereocenters. The number of rotatable bonds is 7. The molecular weight excluding hydrogens is 372 g/mol. The smallest absolute Gasteiger partial charge is 0.318 e. The molecule has 3 rings (SSSR count). The number of pyridine rings is 1. The zero-order chi connectivity index (χ0) is 20.8. The van der Waals surface area contributed by atoms with Crippen LogP contribution in [0, 0.1) is 0 Å². The summed E-state index contributed by atoms with van der Waals surface area (Å²) in [6, 6.07) is 2.94. The van der Waals surface area contributed by atoms with Gasteiger partial charge in [0.25, 0.3) is 0 Å². The van der Waals surface area contributed by atoms with Crippen molar-refractivity contribution in [2.75, 3.05) is 32.8 Å². The third kappa shape index (κ3) is 5.32. The van der Waals surface area contributed by atoms with E-state index < -0.39 is 12.6 Å². The maximum absolute atomic E-state index is 12.5. The van der Waals surface area contributed by atoms with Crippen LogP contribution in [0.1, 0.15) is 43.1 Å². The van der Waals surface area contributed by atoms with Crippen molar-refractivity contribution in [3.63, 3.8) is 0 Å². The minimum atomic E-state index is -0.939. The molecule has 1 saturated heterocycles. The normalized spacial score (nSPS) is 19.1. The van der Waals surface area contributed by atoms with Crippen LogP contribution in [-0.2, 0) is 28.9 Å². The summed E-state index contributed by atoms with van der Waals surface area (Å²) in [5.41, 5.74) is 3.61. The molecule has 1 aromatic rings. The maximum atomic E-state index is 12.5. The summed E-state index contributed by atoms with van der Waals surface area (Å²) in [5.74, 6) is -0.508. The van der Waals surface area contributed by atoms with Crippen LogP contribution < -0.4 is 5.32 Å². The van der Waals surface area contributed by atoms with Gasteiger partial charge in [0.05, 0.1) is 13.2 Å². The summed E-state index contributed by atoms with van der Waals surface area (Å²) in [7, 11) is 0. The Labute approximate surface area is 171 Å². The molecule has 1 fully saturated rings. The molecule has 2 N–H and O–H groups in total. The van der Waals surface area contributed by atoms with Crippen LogP contribution in [0.25, 0.3) is 0 Å². The highest BCUT2D eigenvalue weighted by Crippen LogP contribution is 2.20. The van der Waals surface area contributed by atoms with Gasteiger partial charge in [0.15, 0.2) is 0 Å². The van der Waals surface area contributed by atoms with Gasteiger partial charge in [0.2, 0.25) is 5.91 Å². The first-order valence-electron chi connectivity index (χ1n) is 10.4. The van der Waals surface area contributed by atoms with Crippen molar-refractivity contribution < 1.29 is 19.5 Å². The summed E-state index contributed by atoms with van der Waals surface area (Å²) < 4.78 is 0. The first kappa shape index (κ1) is 21.2. The molecule has 3 amide bonds. The van der Waals surface area contributed by atoms with Crippen molar-refractivity contribution in [3.05, 3.63) is 29.1 Å². The highest BCUT2D eigenvalue weighted by Gasteiger charge is 2.37. The molecule has 158 valence electrons. The van der Waals surface area contributed by atoms with Crippen LogP contribution in [0.3, 0.4) is 0 Å². The van der Waals surface area contributed by atoms with Gasteiger partial charge in [-0.3, -0.25) is 14.6 Å². The van der Waals surface area contributed by atoms with Crippen LogP contribution >= 0.6 is 0 Å². The Bertz CT molecular complexity index is 767. The number of aliphatic hydroxyl groups is 1. The number of carbonyl (C=O) groups excluding carboxylic acids is 3. The third-order valence-electron chi connectivity index (χ3n) is 5.55. The minimum absolute atomic E-state index is 0.0125. The van der Waals surface area contributed by atoms with Crippen LogP contribution in [0.4, 0.5) is 4.79 Å². The Kier molecular flexibility index (Phi) is 7.19. The van der Waals surface area contributed by atoms with E-state index in [0.717, 1.165) is 31.4 Å². The van der Waals surface area contributed by atoms with Crippen molar-refractivity contribution in [3.8, 4) is 0 Å². The Morgan fingerprint density at radius 2 is 2.03 bits per heavy atom. The van der Waals surface area contributed by atoms with Crippen molar-refractivity contribution in [2.24, 2.45) is 0 Å². The fraction of sp³-hybridized carbons (Fsp3) is 0.619. The number of aliphatic hydroxyl groups excluding tert-OH is 1. The van der Waals surface area contributed by atoms with Gasteiger partial charge in [-0.25, -0.2) is 4.79 Å². The fourth-order valence-electron chi connectivity index (χ4n) is 4.02. The van der Waals surface area contributed by atoms with Crippen molar-refractivity contribution in [1.82, 2.24) is 20.1 Å². The molecule has 8 nitrogen and oxygen atoms in total. The molecule has 1 aliphatic heterocycles. The number of urea groups is 1. The van der Waals surface area contributed by atoms with Gasteiger partial charge in [-0.2, -0.15) is 0 Å². The predicted molar refractivity (Wildman–Crippen MR) is 107 cm³/mol. The lowest BCUT2D eigenvalue weighted by Crippen LogP contribution is -2.62. The van der Waals surface area contributed by atoms with E-state index in [0.29, 0.717) is 19.6 Å². The summed E-state index contributed by atoms with van der Waals surface area (Å²) in [5, 5.41) is 12.4. The van der Waals surface area contributed by atoms with Gasteiger partial charge in [-0.1, -0.05) is 6.07 Å². The van der Waals surface area contributed by atoms with Crippen LogP contribution in [0.5, 0.6) is 0 Å². The second-order valence-corrected chi connectivity index (χ2v) is 7.80. The van der Waals surface area contributed by atoms with Crippen LogP contribution in [0.2, 0.25) is 0 Å². The lowest BCUT2D eigenvalue weighted by Gasteiger charge is -2.39. The summed E-state index contributed by atoms with van der Waals surface area (Å²) >= 11 is 0. The van der Waals surface area contributed by atoms with Gasteiger partial charge < -0.3 is 20.2 Å². The molecular formula is C21H30N4O4. The molecule has 0 radical (unpaired) electrons. The second kappa shape index (κ2) is 9.82. The van der Waals surface area contributed by atoms with Gasteiger partial charge in [-0.05, 0) is 57.1 Å². The SMILES string of the molecule is CC(=O)CN1CCN(C(=O)NCCCc2ccc3c(n2)CCCC3)[C@@H](CO)C1=O. The molecule has 0 spiro atoms. The number of fused-ring (bicyclic) bond motifs is 1. The zero-order valence-corrected chi connectivity index (χ0v) is 17.0. The predicted octanol–water partition coefficient (Wildman–Crippen LogP) is 0.697. The molecule has 2 heterocycles. The number of ketones is 1.